The molecule has 2 rings (SSSR count). The highest BCUT2D eigenvalue weighted by atomic mass is 16.2. The zero-order valence-corrected chi connectivity index (χ0v) is 8.51. The first-order chi connectivity index (χ1) is 6.65. The van der Waals surface area contributed by atoms with Crippen molar-refractivity contribution >= 4 is 11.7 Å². The van der Waals surface area contributed by atoms with Crippen LogP contribution in [0.4, 0.5) is 0 Å². The molecule has 2 aliphatic rings. The molecule has 0 atom stereocenters. The van der Waals surface area contributed by atoms with Crippen molar-refractivity contribution in [3.05, 3.63) is 0 Å². The van der Waals surface area contributed by atoms with Gasteiger partial charge in [-0.05, 0) is 19.9 Å². The van der Waals surface area contributed by atoms with Crippen LogP contribution in [0, 0.1) is 0 Å². The lowest BCUT2D eigenvalue weighted by Gasteiger charge is -2.45. The normalized spacial score (nSPS) is 27.8. The number of nitrogens with one attached hydrogen (secondary N) is 1. The van der Waals surface area contributed by atoms with Gasteiger partial charge in [-0.1, -0.05) is 0 Å². The average Bonchev–Trinajstić information content (AvgIpc) is 2.17. The average molecular weight is 196 g/mol. The molecule has 1 amide bonds. The molecule has 0 aromatic carbocycles. The lowest BCUT2D eigenvalue weighted by atomic mass is 9.78. The van der Waals surface area contributed by atoms with Crippen molar-refractivity contribution in [2.24, 2.45) is 0 Å². The van der Waals surface area contributed by atoms with Crippen LogP contribution in [0.2, 0.25) is 0 Å². The summed E-state index contributed by atoms with van der Waals surface area (Å²) in [6.45, 7) is 1.62. The molecule has 0 unspecified atom stereocenters. The van der Waals surface area contributed by atoms with Gasteiger partial charge in [0.1, 0.15) is 11.3 Å². The van der Waals surface area contributed by atoms with Gasteiger partial charge >= 0.3 is 0 Å². The number of likely N-dealkylation sites (N-methyl/N-ethyl adjacent to an activating group) is 1. The summed E-state index contributed by atoms with van der Waals surface area (Å²) in [7, 11) is 1.98. The molecule has 1 spiro atoms. The third kappa shape index (κ3) is 1.34. The van der Waals surface area contributed by atoms with Crippen molar-refractivity contribution in [2.45, 2.75) is 31.2 Å². The molecule has 78 valence electrons. The van der Waals surface area contributed by atoms with Crippen molar-refractivity contribution in [2.75, 3.05) is 20.1 Å². The van der Waals surface area contributed by atoms with Crippen LogP contribution < -0.4 is 5.32 Å². The van der Waals surface area contributed by atoms with E-state index in [1.807, 2.05) is 7.05 Å². The minimum atomic E-state index is -0.383. The summed E-state index contributed by atoms with van der Waals surface area (Å²) in [5.41, 5.74) is -0.383. The van der Waals surface area contributed by atoms with E-state index in [-0.39, 0.29) is 11.4 Å². The Hall–Kier alpha value is -0.900. The molecule has 1 aliphatic heterocycles. The second kappa shape index (κ2) is 3.35. The molecule has 1 saturated heterocycles. The number of amides is 1. The van der Waals surface area contributed by atoms with Crippen molar-refractivity contribution in [3.8, 4) is 0 Å². The molecular weight excluding hydrogens is 180 g/mol. The van der Waals surface area contributed by atoms with Crippen LogP contribution in [0.15, 0.2) is 0 Å². The smallest absolute Gasteiger partial charge is 0.240 e. The Morgan fingerprint density at radius 2 is 1.93 bits per heavy atom. The number of hydrogen-bond acceptors (Lipinski definition) is 3. The second-order valence-electron chi connectivity index (χ2n) is 4.25. The first kappa shape index (κ1) is 9.65. The summed E-state index contributed by atoms with van der Waals surface area (Å²) < 4.78 is 0. The van der Waals surface area contributed by atoms with E-state index in [4.69, 9.17) is 0 Å². The van der Waals surface area contributed by atoms with E-state index in [0.717, 1.165) is 13.1 Å². The van der Waals surface area contributed by atoms with Crippen LogP contribution in [0.3, 0.4) is 0 Å². The summed E-state index contributed by atoms with van der Waals surface area (Å²) in [4.78, 5) is 25.1. The number of rotatable bonds is 0. The topological polar surface area (TPSA) is 49.4 Å². The Kier molecular flexibility index (Phi) is 2.31. The summed E-state index contributed by atoms with van der Waals surface area (Å²) in [6, 6.07) is 0. The van der Waals surface area contributed by atoms with Gasteiger partial charge in [-0.2, -0.15) is 0 Å². The number of nitrogens with zero attached hydrogens (tertiary/aromatic N) is 1. The maximum absolute atomic E-state index is 11.8. The Morgan fingerprint density at radius 3 is 2.50 bits per heavy atom. The molecule has 4 heteroatoms. The van der Waals surface area contributed by atoms with Crippen molar-refractivity contribution in [1.29, 1.82) is 0 Å². The predicted octanol–water partition coefficient (Wildman–Crippen LogP) is -0.0701. The van der Waals surface area contributed by atoms with Crippen LogP contribution in [-0.4, -0.2) is 42.3 Å². The van der Waals surface area contributed by atoms with Gasteiger partial charge in [0.05, 0.1) is 0 Å². The van der Waals surface area contributed by atoms with E-state index in [1.165, 1.54) is 0 Å². The molecule has 1 N–H and O–H groups in total. The SMILES string of the molecule is CN1CCNC(=O)C12CCC(=O)CC2. The van der Waals surface area contributed by atoms with Gasteiger partial charge < -0.3 is 5.32 Å². The van der Waals surface area contributed by atoms with Crippen LogP contribution in [0.25, 0.3) is 0 Å². The van der Waals surface area contributed by atoms with Crippen LogP contribution in [0.1, 0.15) is 25.7 Å². The highest BCUT2D eigenvalue weighted by molar-refractivity contribution is 5.90. The lowest BCUT2D eigenvalue weighted by molar-refractivity contribution is -0.141. The van der Waals surface area contributed by atoms with Gasteiger partial charge in [-0.15, -0.1) is 0 Å². The molecule has 14 heavy (non-hydrogen) atoms. The van der Waals surface area contributed by atoms with E-state index in [9.17, 15) is 9.59 Å². The van der Waals surface area contributed by atoms with Gasteiger partial charge in [-0.25, -0.2) is 0 Å². The number of Topliss-reactive ketones (excluding diaryl/α,β-unsaturated/α-hetero) is 1. The minimum absolute atomic E-state index is 0.110. The third-order valence-electron chi connectivity index (χ3n) is 3.52. The first-order valence-corrected chi connectivity index (χ1v) is 5.16. The summed E-state index contributed by atoms with van der Waals surface area (Å²) >= 11 is 0. The Labute approximate surface area is 83.6 Å². The van der Waals surface area contributed by atoms with E-state index in [0.29, 0.717) is 31.5 Å². The fourth-order valence-electron chi connectivity index (χ4n) is 2.44. The van der Waals surface area contributed by atoms with Crippen molar-refractivity contribution in [3.63, 3.8) is 0 Å². The summed E-state index contributed by atoms with van der Waals surface area (Å²) in [5, 5.41) is 2.90. The van der Waals surface area contributed by atoms with Crippen molar-refractivity contribution < 1.29 is 9.59 Å². The fourth-order valence-corrected chi connectivity index (χ4v) is 2.44. The number of piperazine rings is 1. The van der Waals surface area contributed by atoms with Crippen LogP contribution in [-0.2, 0) is 9.59 Å². The van der Waals surface area contributed by atoms with E-state index < -0.39 is 0 Å². The van der Waals surface area contributed by atoms with Crippen molar-refractivity contribution in [1.82, 2.24) is 10.2 Å². The van der Waals surface area contributed by atoms with Gasteiger partial charge in [0.15, 0.2) is 0 Å². The highest BCUT2D eigenvalue weighted by Crippen LogP contribution is 2.32. The fraction of sp³-hybridized carbons (Fsp3) is 0.800. The second-order valence-corrected chi connectivity index (χ2v) is 4.25. The number of carbonyl (C=O) groups excluding carboxylic acids is 2. The standard InChI is InChI=1S/C10H16N2O2/c1-12-7-6-11-9(14)10(12)4-2-8(13)3-5-10/h2-7H2,1H3,(H,11,14). The zero-order valence-electron chi connectivity index (χ0n) is 8.51. The lowest BCUT2D eigenvalue weighted by Crippen LogP contribution is -2.64. The molecule has 1 heterocycles. The monoisotopic (exact) mass is 196 g/mol. The van der Waals surface area contributed by atoms with E-state index in [1.54, 1.807) is 0 Å². The molecule has 1 saturated carbocycles. The molecule has 0 bridgehead atoms. The third-order valence-corrected chi connectivity index (χ3v) is 3.52. The Bertz CT molecular complexity index is 265. The number of ketones is 1. The maximum Gasteiger partial charge on any atom is 0.240 e. The molecular formula is C10H16N2O2. The van der Waals surface area contributed by atoms with Gasteiger partial charge in [0, 0.05) is 25.9 Å². The summed E-state index contributed by atoms with van der Waals surface area (Å²) in [5.74, 6) is 0.404. The predicted molar refractivity (Wildman–Crippen MR) is 51.8 cm³/mol. The molecule has 0 aromatic rings. The molecule has 1 aliphatic carbocycles. The zero-order chi connectivity index (χ0) is 10.2. The first-order valence-electron chi connectivity index (χ1n) is 5.16. The molecule has 4 nitrogen and oxygen atoms in total. The number of carbonyl (C=O) groups is 2. The Morgan fingerprint density at radius 1 is 1.29 bits per heavy atom. The minimum Gasteiger partial charge on any atom is -0.353 e. The van der Waals surface area contributed by atoms with Gasteiger partial charge in [0.25, 0.3) is 0 Å². The van der Waals surface area contributed by atoms with E-state index >= 15 is 0 Å². The number of hydrogen-bond donors (Lipinski definition) is 1. The van der Waals surface area contributed by atoms with E-state index in [2.05, 4.69) is 10.2 Å². The highest BCUT2D eigenvalue weighted by Gasteiger charge is 2.46. The molecule has 2 fully saturated rings. The maximum atomic E-state index is 11.8. The summed E-state index contributed by atoms with van der Waals surface area (Å²) in [6.07, 6.45) is 2.48. The Balaban J connectivity index is 2.18. The van der Waals surface area contributed by atoms with Gasteiger partial charge in [0.2, 0.25) is 5.91 Å². The van der Waals surface area contributed by atoms with Gasteiger partial charge in [-0.3, -0.25) is 14.5 Å². The molecule has 0 aromatic heterocycles. The molecule has 0 radical (unpaired) electrons. The van der Waals surface area contributed by atoms with Crippen LogP contribution in [0.5, 0.6) is 0 Å². The van der Waals surface area contributed by atoms with Crippen LogP contribution >= 0.6 is 0 Å². The quantitative estimate of drug-likeness (QED) is 0.590. The largest absolute Gasteiger partial charge is 0.353 e.